The minimum atomic E-state index is -1.14. The van der Waals surface area contributed by atoms with Gasteiger partial charge in [-0.25, -0.2) is 19.7 Å². The number of imidazole rings is 2. The fraction of sp³-hybridized carbons (Fsp3) is 0.297. The molecule has 1 amide bonds. The molecule has 3 atom stereocenters. The average molecular weight is 754 g/mol. The predicted molar refractivity (Wildman–Crippen MR) is 202 cm³/mol. The number of oxime groups is 1. The first-order chi connectivity index (χ1) is 26.5. The Hall–Kier alpha value is -6.66. The van der Waals surface area contributed by atoms with Gasteiger partial charge in [-0.1, -0.05) is 18.1 Å². The van der Waals surface area contributed by atoms with E-state index in [1.165, 1.54) is 11.2 Å². The summed E-state index contributed by atoms with van der Waals surface area (Å²) >= 11 is 0. The van der Waals surface area contributed by atoms with Crippen LogP contribution in [0.4, 0.5) is 11.5 Å². The predicted octanol–water partition coefficient (Wildman–Crippen LogP) is 2.13. The quantitative estimate of drug-likeness (QED) is 0.0246. The van der Waals surface area contributed by atoms with Crippen molar-refractivity contribution in [3.05, 3.63) is 102 Å². The van der Waals surface area contributed by atoms with Crippen molar-refractivity contribution in [2.45, 2.75) is 45.3 Å². The van der Waals surface area contributed by atoms with Gasteiger partial charge in [-0.15, -0.1) is 0 Å². The lowest BCUT2D eigenvalue weighted by Crippen LogP contribution is -2.41. The van der Waals surface area contributed by atoms with Gasteiger partial charge in [0, 0.05) is 53.8 Å². The van der Waals surface area contributed by atoms with Gasteiger partial charge in [-0.2, -0.15) is 0 Å². The van der Waals surface area contributed by atoms with Gasteiger partial charge in [-0.3, -0.25) is 19.3 Å². The minimum absolute atomic E-state index is 0.0210. The molecule has 5 aromatic rings. The second-order valence-electron chi connectivity index (χ2n) is 12.5. The Bertz CT molecular complexity index is 2090. The molecule has 0 saturated heterocycles. The number of anilines is 2. The maximum absolute atomic E-state index is 13.6. The number of nitrogens with two attached hydrogens (primary N) is 3. The number of amidine groups is 1. The second-order valence-corrected chi connectivity index (χ2v) is 12.5. The van der Waals surface area contributed by atoms with Crippen LogP contribution in [0.5, 0.6) is 0 Å². The topological polar surface area (TPSA) is 272 Å². The van der Waals surface area contributed by atoms with E-state index in [0.717, 1.165) is 5.69 Å². The number of hydrogen-bond acceptors (Lipinski definition) is 14. The minimum Gasteiger partial charge on any atom is -0.466 e. The van der Waals surface area contributed by atoms with E-state index in [-0.39, 0.29) is 44.3 Å². The number of rotatable bonds is 18. The van der Waals surface area contributed by atoms with Crippen LogP contribution in [0.1, 0.15) is 47.7 Å². The van der Waals surface area contributed by atoms with E-state index >= 15 is 0 Å². The number of pyridine rings is 1. The third kappa shape index (κ3) is 10.9. The molecule has 0 aliphatic rings. The fourth-order valence-electron chi connectivity index (χ4n) is 5.23. The van der Waals surface area contributed by atoms with Crippen LogP contribution in [0.25, 0.3) is 11.0 Å². The Labute approximate surface area is 315 Å². The normalized spacial score (nSPS) is 13.1. The number of H-pyrrole nitrogens is 2. The number of aromatic amines is 2. The summed E-state index contributed by atoms with van der Waals surface area (Å²) in [6.45, 7) is 3.89. The van der Waals surface area contributed by atoms with Crippen molar-refractivity contribution in [2.24, 2.45) is 28.3 Å². The number of carbonyl (C=O) groups excluding carboxylic acids is 4. The number of nitrogens with zero attached hydrogens (tertiary/aromatic N) is 5. The number of esters is 2. The van der Waals surface area contributed by atoms with E-state index in [1.54, 1.807) is 86.9 Å². The summed E-state index contributed by atoms with van der Waals surface area (Å²) in [6.07, 6.45) is 4.86. The third-order valence-corrected chi connectivity index (χ3v) is 8.34. The number of ether oxygens (including phenoxy) is 2. The first-order valence-corrected chi connectivity index (χ1v) is 17.4. The molecule has 18 heteroatoms. The van der Waals surface area contributed by atoms with Gasteiger partial charge >= 0.3 is 17.9 Å². The van der Waals surface area contributed by atoms with E-state index in [2.05, 4.69) is 35.4 Å². The number of fused-ring (bicyclic) bond motifs is 1. The molecule has 0 aliphatic heterocycles. The molecule has 18 nitrogen and oxygen atoms in total. The molecule has 2 aromatic carbocycles. The Balaban J connectivity index is 1.11. The van der Waals surface area contributed by atoms with Crippen molar-refractivity contribution in [1.82, 2.24) is 24.9 Å². The van der Waals surface area contributed by atoms with Crippen molar-refractivity contribution in [3.63, 3.8) is 0 Å². The smallest absolute Gasteiger partial charge is 0.352 e. The lowest BCUT2D eigenvalue weighted by atomic mass is 10.0. The van der Waals surface area contributed by atoms with Crippen molar-refractivity contribution in [3.8, 4) is 0 Å². The summed E-state index contributed by atoms with van der Waals surface area (Å²) in [5.74, 6) is -1.83. The van der Waals surface area contributed by atoms with Gasteiger partial charge in [0.15, 0.2) is 5.84 Å². The van der Waals surface area contributed by atoms with E-state index < -0.39 is 35.9 Å². The highest BCUT2D eigenvalue weighted by Gasteiger charge is 2.26. The van der Waals surface area contributed by atoms with Gasteiger partial charge in [0.05, 0.1) is 43.5 Å². The van der Waals surface area contributed by atoms with Crippen LogP contribution in [0.3, 0.4) is 0 Å². The third-order valence-electron chi connectivity index (χ3n) is 8.34. The van der Waals surface area contributed by atoms with Crippen LogP contribution in [0, 0.1) is 5.92 Å². The number of nitrogens with one attached hydrogen (secondary N) is 3. The SMILES string of the molecule is CCOC(=O)CCN(C(=O)c1ccc2nc(CNc3ccc(/C(N)=N/OC(=O)C(N)C(C)COC(=O)C(N)Cc4cnc[nH]4)cc3)[nH]c2c1)c1ccccn1. The molecule has 0 spiro atoms. The molecule has 3 aromatic heterocycles. The van der Waals surface area contributed by atoms with E-state index in [9.17, 15) is 19.2 Å². The van der Waals surface area contributed by atoms with Crippen molar-refractivity contribution in [1.29, 1.82) is 0 Å². The molecular weight excluding hydrogens is 710 g/mol. The number of benzene rings is 2. The number of carbonyl (C=O) groups is 4. The summed E-state index contributed by atoms with van der Waals surface area (Å²) < 4.78 is 10.3. The molecule has 0 fully saturated rings. The second kappa shape index (κ2) is 18.9. The van der Waals surface area contributed by atoms with Gasteiger partial charge < -0.3 is 46.8 Å². The average Bonchev–Trinajstić information content (AvgIpc) is 3.87. The summed E-state index contributed by atoms with van der Waals surface area (Å²) in [7, 11) is 0. The molecule has 55 heavy (non-hydrogen) atoms. The Morgan fingerprint density at radius 3 is 2.49 bits per heavy atom. The molecule has 3 unspecified atom stereocenters. The van der Waals surface area contributed by atoms with Gasteiger partial charge in [-0.05, 0) is 61.5 Å². The molecule has 288 valence electrons. The zero-order valence-electron chi connectivity index (χ0n) is 30.3. The van der Waals surface area contributed by atoms with Crippen molar-refractivity contribution < 1.29 is 33.5 Å². The first-order valence-electron chi connectivity index (χ1n) is 17.4. The Morgan fingerprint density at radius 1 is 1.00 bits per heavy atom. The molecule has 5 rings (SSSR count). The summed E-state index contributed by atoms with van der Waals surface area (Å²) in [5.41, 5.74) is 21.6. The van der Waals surface area contributed by atoms with Gasteiger partial charge in [0.25, 0.3) is 5.91 Å². The van der Waals surface area contributed by atoms with E-state index in [0.29, 0.717) is 46.0 Å². The van der Waals surface area contributed by atoms with Gasteiger partial charge in [0.2, 0.25) is 0 Å². The molecular formula is C37H43N11O7. The number of hydrogen-bond donors (Lipinski definition) is 6. The van der Waals surface area contributed by atoms with Crippen molar-refractivity contribution in [2.75, 3.05) is 30.0 Å². The number of aromatic nitrogens is 5. The highest BCUT2D eigenvalue weighted by atomic mass is 16.7. The summed E-state index contributed by atoms with van der Waals surface area (Å²) in [5, 5.41) is 6.99. The monoisotopic (exact) mass is 753 g/mol. The van der Waals surface area contributed by atoms with Crippen LogP contribution in [0.15, 0.2) is 84.5 Å². The van der Waals surface area contributed by atoms with E-state index in [1.807, 2.05) is 0 Å². The van der Waals surface area contributed by atoms with Crippen LogP contribution >= 0.6 is 0 Å². The van der Waals surface area contributed by atoms with Crippen LogP contribution in [0.2, 0.25) is 0 Å². The van der Waals surface area contributed by atoms with Gasteiger partial charge in [0.1, 0.15) is 23.7 Å². The lowest BCUT2D eigenvalue weighted by molar-refractivity contribution is -0.151. The summed E-state index contributed by atoms with van der Waals surface area (Å²) in [4.78, 5) is 75.7. The Kier molecular flexibility index (Phi) is 13.6. The zero-order chi connectivity index (χ0) is 39.3. The largest absolute Gasteiger partial charge is 0.466 e. The van der Waals surface area contributed by atoms with Crippen LogP contribution in [-0.4, -0.2) is 86.4 Å². The molecule has 0 bridgehead atoms. The molecule has 0 saturated carbocycles. The fourth-order valence-corrected chi connectivity index (χ4v) is 5.23. The highest BCUT2D eigenvalue weighted by Crippen LogP contribution is 2.20. The highest BCUT2D eigenvalue weighted by molar-refractivity contribution is 6.07. The lowest BCUT2D eigenvalue weighted by Gasteiger charge is -2.21. The molecule has 3 heterocycles. The summed E-state index contributed by atoms with van der Waals surface area (Å²) in [6, 6.07) is 15.2. The zero-order valence-corrected chi connectivity index (χ0v) is 30.3. The standard InChI is InChI=1S/C37H43N11O7/c1-3-53-32(49)13-15-48(31-6-4-5-14-42-31)35(50)24-9-12-28-29(16-24)46-30(45-28)19-43-25-10-7-23(8-11-25)34(40)47-55-37(52)33(39)22(2)20-54-36(51)27(38)17-26-18-41-21-44-26/h4-12,14,16,18,21-22,27,33,43H,3,13,15,17,19-20,38-39H2,1-2H3,(H2,40,47)(H,41,44)(H,45,46). The maximum Gasteiger partial charge on any atom is 0.352 e. The number of amides is 1. The maximum atomic E-state index is 13.6. The van der Waals surface area contributed by atoms with E-state index in [4.69, 9.17) is 31.5 Å². The Morgan fingerprint density at radius 2 is 1.78 bits per heavy atom. The van der Waals surface area contributed by atoms with Crippen molar-refractivity contribution >= 4 is 52.2 Å². The van der Waals surface area contributed by atoms with Crippen LogP contribution < -0.4 is 27.4 Å². The first kappa shape index (κ1) is 39.5. The van der Waals surface area contributed by atoms with Crippen LogP contribution in [-0.2, 0) is 41.7 Å². The molecule has 0 radical (unpaired) electrons. The molecule has 0 aliphatic carbocycles. The molecule has 9 N–H and O–H groups in total.